The van der Waals surface area contributed by atoms with Gasteiger partial charge >= 0.3 is 5.63 Å². The first kappa shape index (κ1) is 19.7. The van der Waals surface area contributed by atoms with Crippen LogP contribution in [0.5, 0.6) is 0 Å². The lowest BCUT2D eigenvalue weighted by molar-refractivity contribution is 0.0942. The second kappa shape index (κ2) is 9.76. The van der Waals surface area contributed by atoms with Gasteiger partial charge in [-0.25, -0.2) is 4.79 Å². The van der Waals surface area contributed by atoms with Crippen molar-refractivity contribution in [2.75, 3.05) is 13.2 Å². The third kappa shape index (κ3) is 6.31. The molecule has 1 fully saturated rings. The first-order chi connectivity index (χ1) is 12.0. The topological polar surface area (TPSA) is 68.5 Å². The first-order valence-electron chi connectivity index (χ1n) is 9.50. The van der Waals surface area contributed by atoms with Crippen molar-refractivity contribution >= 4 is 5.91 Å². The van der Waals surface area contributed by atoms with Gasteiger partial charge in [-0.2, -0.15) is 0 Å². The molecule has 0 radical (unpaired) electrons. The molecule has 5 nitrogen and oxygen atoms in total. The fraction of sp³-hybridized carbons (Fsp3) is 0.700. The number of hydrogen-bond donors (Lipinski definition) is 1. The van der Waals surface area contributed by atoms with Crippen LogP contribution in [-0.4, -0.2) is 25.2 Å². The van der Waals surface area contributed by atoms with Crippen LogP contribution in [-0.2, 0) is 11.2 Å². The lowest BCUT2D eigenvalue weighted by atomic mass is 10.0. The van der Waals surface area contributed by atoms with E-state index in [2.05, 4.69) is 19.2 Å². The Hall–Kier alpha value is -1.62. The number of ether oxygens (including phenoxy) is 1. The van der Waals surface area contributed by atoms with E-state index in [4.69, 9.17) is 9.15 Å². The van der Waals surface area contributed by atoms with Crippen molar-refractivity contribution in [2.24, 2.45) is 5.92 Å². The molecule has 1 unspecified atom stereocenters. The summed E-state index contributed by atoms with van der Waals surface area (Å²) in [5, 5.41) is 2.84. The van der Waals surface area contributed by atoms with Gasteiger partial charge in [0.2, 0.25) is 0 Å². The van der Waals surface area contributed by atoms with Gasteiger partial charge < -0.3 is 14.5 Å². The molecule has 1 aromatic heterocycles. The molecule has 1 amide bonds. The molecule has 25 heavy (non-hydrogen) atoms. The summed E-state index contributed by atoms with van der Waals surface area (Å²) in [6, 6.07) is 1.82. The fourth-order valence-electron chi connectivity index (χ4n) is 3.16. The maximum absolute atomic E-state index is 12.3. The van der Waals surface area contributed by atoms with Crippen LogP contribution in [0.2, 0.25) is 0 Å². The van der Waals surface area contributed by atoms with Crippen LogP contribution < -0.4 is 10.9 Å². The number of carbonyl (C=O) groups is 1. The molecule has 0 saturated carbocycles. The van der Waals surface area contributed by atoms with Gasteiger partial charge in [-0.1, -0.05) is 13.8 Å². The number of aryl methyl sites for hydroxylation is 2. The number of carbonyl (C=O) groups excluding carboxylic acids is 1. The zero-order chi connectivity index (χ0) is 18.2. The third-order valence-corrected chi connectivity index (χ3v) is 4.66. The van der Waals surface area contributed by atoms with Crippen molar-refractivity contribution in [3.05, 3.63) is 33.4 Å². The molecule has 5 heteroatoms. The SMILES string of the molecule is Cc1cc(CCC(C)C)oc(=O)c1C(=O)NCCCCC1CCCO1. The van der Waals surface area contributed by atoms with E-state index in [9.17, 15) is 9.59 Å². The molecule has 1 N–H and O–H groups in total. The van der Waals surface area contributed by atoms with Gasteiger partial charge in [0.25, 0.3) is 5.91 Å². The molecule has 0 aromatic carbocycles. The predicted molar refractivity (Wildman–Crippen MR) is 98.0 cm³/mol. The summed E-state index contributed by atoms with van der Waals surface area (Å²) in [6.45, 7) is 7.50. The van der Waals surface area contributed by atoms with Crippen LogP contribution in [0.25, 0.3) is 0 Å². The summed E-state index contributed by atoms with van der Waals surface area (Å²) in [5.74, 6) is 0.867. The Morgan fingerprint density at radius 2 is 2.16 bits per heavy atom. The van der Waals surface area contributed by atoms with Crippen LogP contribution >= 0.6 is 0 Å². The van der Waals surface area contributed by atoms with Crippen LogP contribution in [0.3, 0.4) is 0 Å². The van der Waals surface area contributed by atoms with Crippen LogP contribution in [0.15, 0.2) is 15.3 Å². The van der Waals surface area contributed by atoms with Gasteiger partial charge in [-0.15, -0.1) is 0 Å². The number of unbranched alkanes of at least 4 members (excludes halogenated alkanes) is 1. The maximum Gasteiger partial charge on any atom is 0.349 e. The van der Waals surface area contributed by atoms with Crippen molar-refractivity contribution in [2.45, 2.75) is 71.8 Å². The molecule has 2 heterocycles. The number of nitrogens with one attached hydrogen (secondary N) is 1. The summed E-state index contributed by atoms with van der Waals surface area (Å²) < 4.78 is 10.9. The van der Waals surface area contributed by atoms with Crippen molar-refractivity contribution in [1.82, 2.24) is 5.32 Å². The Bertz CT molecular complexity index is 615. The molecule has 0 aliphatic carbocycles. The van der Waals surface area contributed by atoms with E-state index in [0.29, 0.717) is 29.9 Å². The summed E-state index contributed by atoms with van der Waals surface area (Å²) in [4.78, 5) is 24.5. The Kier molecular flexibility index (Phi) is 7.69. The highest BCUT2D eigenvalue weighted by atomic mass is 16.5. The largest absolute Gasteiger partial charge is 0.427 e. The monoisotopic (exact) mass is 349 g/mol. The number of amides is 1. The number of rotatable bonds is 9. The van der Waals surface area contributed by atoms with E-state index < -0.39 is 5.63 Å². The van der Waals surface area contributed by atoms with E-state index in [-0.39, 0.29) is 11.5 Å². The fourth-order valence-corrected chi connectivity index (χ4v) is 3.16. The number of hydrogen-bond acceptors (Lipinski definition) is 4. The quantitative estimate of drug-likeness (QED) is 0.692. The second-order valence-electron chi connectivity index (χ2n) is 7.38. The van der Waals surface area contributed by atoms with Crippen LogP contribution in [0.1, 0.15) is 74.1 Å². The molecule has 0 bridgehead atoms. The minimum atomic E-state index is -0.532. The van der Waals surface area contributed by atoms with Gasteiger partial charge in [0.15, 0.2) is 0 Å². The standard InChI is InChI=1S/C20H31NO4/c1-14(2)9-10-17-13-15(3)18(20(23)25-17)19(22)21-11-5-4-7-16-8-6-12-24-16/h13-14,16H,4-12H2,1-3H3,(H,21,22). The van der Waals surface area contributed by atoms with Crippen LogP contribution in [0, 0.1) is 12.8 Å². The molecule has 0 spiro atoms. The maximum atomic E-state index is 12.3. The summed E-state index contributed by atoms with van der Waals surface area (Å²) >= 11 is 0. The lowest BCUT2D eigenvalue weighted by Crippen LogP contribution is -2.30. The zero-order valence-electron chi connectivity index (χ0n) is 15.7. The van der Waals surface area contributed by atoms with E-state index in [1.54, 1.807) is 6.92 Å². The Labute approximate surface area is 150 Å². The highest BCUT2D eigenvalue weighted by Crippen LogP contribution is 2.17. The molecule has 1 saturated heterocycles. The van der Waals surface area contributed by atoms with Gasteiger partial charge in [0.05, 0.1) is 6.10 Å². The average molecular weight is 349 g/mol. The van der Waals surface area contributed by atoms with Gasteiger partial charge in [0, 0.05) is 19.6 Å². The molecular weight excluding hydrogens is 318 g/mol. The van der Waals surface area contributed by atoms with E-state index >= 15 is 0 Å². The summed E-state index contributed by atoms with van der Waals surface area (Å²) in [5.41, 5.74) is 0.287. The van der Waals surface area contributed by atoms with Crippen molar-refractivity contribution in [3.8, 4) is 0 Å². The molecule has 2 rings (SSSR count). The minimum absolute atomic E-state index is 0.132. The minimum Gasteiger partial charge on any atom is -0.427 e. The highest BCUT2D eigenvalue weighted by Gasteiger charge is 2.17. The van der Waals surface area contributed by atoms with Gasteiger partial charge in [-0.3, -0.25) is 4.79 Å². The zero-order valence-corrected chi connectivity index (χ0v) is 15.7. The predicted octanol–water partition coefficient (Wildman–Crippen LogP) is 3.62. The first-order valence-corrected chi connectivity index (χ1v) is 9.50. The van der Waals surface area contributed by atoms with E-state index in [1.807, 2.05) is 6.07 Å². The van der Waals surface area contributed by atoms with E-state index in [1.165, 1.54) is 0 Å². The normalized spacial score (nSPS) is 17.2. The summed E-state index contributed by atoms with van der Waals surface area (Å²) in [7, 11) is 0. The van der Waals surface area contributed by atoms with Gasteiger partial charge in [0.1, 0.15) is 11.3 Å². The Morgan fingerprint density at radius 1 is 1.36 bits per heavy atom. The van der Waals surface area contributed by atoms with Gasteiger partial charge in [-0.05, 0) is 63.0 Å². The molecular formula is C20H31NO4. The molecule has 1 aromatic rings. The smallest absolute Gasteiger partial charge is 0.349 e. The lowest BCUT2D eigenvalue weighted by Gasteiger charge is -2.10. The molecule has 1 atom stereocenters. The van der Waals surface area contributed by atoms with Crippen molar-refractivity contribution in [1.29, 1.82) is 0 Å². The van der Waals surface area contributed by atoms with Crippen LogP contribution in [0.4, 0.5) is 0 Å². The molecule has 140 valence electrons. The van der Waals surface area contributed by atoms with E-state index in [0.717, 1.165) is 51.6 Å². The van der Waals surface area contributed by atoms with Crippen molar-refractivity contribution in [3.63, 3.8) is 0 Å². The molecule has 1 aliphatic rings. The Morgan fingerprint density at radius 3 is 2.80 bits per heavy atom. The second-order valence-corrected chi connectivity index (χ2v) is 7.38. The summed E-state index contributed by atoms with van der Waals surface area (Å²) in [6.07, 6.45) is 7.33. The third-order valence-electron chi connectivity index (χ3n) is 4.66. The Balaban J connectivity index is 1.80. The highest BCUT2D eigenvalue weighted by molar-refractivity contribution is 5.95. The molecule has 1 aliphatic heterocycles. The average Bonchev–Trinajstić information content (AvgIpc) is 3.05. The van der Waals surface area contributed by atoms with Crippen molar-refractivity contribution < 1.29 is 13.9 Å².